The fraction of sp³-hybridized carbons (Fsp3) is 0.311. The third kappa shape index (κ3) is 14.0. The van der Waals surface area contributed by atoms with E-state index < -0.39 is 71.6 Å². The molecule has 0 radical (unpaired) electrons. The Hall–Kier alpha value is -9.01. The normalized spacial score (nSPS) is 13.8. The summed E-state index contributed by atoms with van der Waals surface area (Å²) in [5.41, 5.74) is 10.1. The largest absolute Gasteiger partial charge is 0.496 e. The van der Waals surface area contributed by atoms with Gasteiger partial charge in [-0.1, -0.05) is 36.4 Å². The summed E-state index contributed by atoms with van der Waals surface area (Å²) in [6.45, 7) is 4.29. The minimum atomic E-state index is -4.75. The molecule has 1 aliphatic heterocycles. The van der Waals surface area contributed by atoms with E-state index in [1.165, 1.54) is 32.1 Å². The molecule has 6 heterocycles. The molecule has 9 rings (SSSR count). The number of aliphatic carboxylic acids is 1. The Balaban J connectivity index is 0.000000226. The standard InChI is InChI=1S/C32H29F5N4O6.C21H23N3O4.C8H10BrNO2/c1-16-11-24(46-3)26(30(43)40(16)2)20-7-6-17(19-5-4-8-38-28(19)20)12-23(31(44)45)39-29(42)27-21(33)13-18(14-22(27)34)41-9-10-47-15-25(41)32(35,36)37;1-12-10-17(27-3)18(20(25)24(12)2)15-8-7-13(11-16(22)21(26)28-4)14-6-5-9-23-19(14)15;1-5-4-6(12-3)7(9)8(11)10(5)2/h4-8,11,13-14,23,25H,9-10,12,15H2,1-3H3,(H,39,42)(H,44,45);5-10,16H,11,22H2,1-4H3;4H,1-3H3/t23-,25+;16-;/m00./s1. The summed E-state index contributed by atoms with van der Waals surface area (Å²) in [5.74, 6) is -4.98. The highest BCUT2D eigenvalue weighted by Gasteiger charge is 2.46. The van der Waals surface area contributed by atoms with E-state index in [0.29, 0.717) is 84.6 Å². The van der Waals surface area contributed by atoms with Crippen LogP contribution in [-0.4, -0.2) is 119 Å². The molecule has 4 N–H and O–H groups in total. The quantitative estimate of drug-likeness (QED) is 0.0693. The second-order valence-electron chi connectivity index (χ2n) is 20.1. The third-order valence-electron chi connectivity index (χ3n) is 14.8. The molecule has 87 heavy (non-hydrogen) atoms. The Morgan fingerprint density at radius 1 is 0.724 bits per heavy atom. The monoisotopic (exact) mass is 1270 g/mol. The number of carbonyl (C=O) groups excluding carboxylic acids is 2. The number of fused-ring (bicyclic) bond motifs is 2. The van der Waals surface area contributed by atoms with E-state index in [2.05, 4.69) is 31.2 Å². The van der Waals surface area contributed by atoms with Gasteiger partial charge in [0, 0.05) is 109 Å². The number of alkyl halides is 3. The van der Waals surface area contributed by atoms with Crippen molar-refractivity contribution in [3.8, 4) is 39.5 Å². The van der Waals surface area contributed by atoms with Gasteiger partial charge in [0.1, 0.15) is 57.0 Å². The van der Waals surface area contributed by atoms with Crippen molar-refractivity contribution in [2.75, 3.05) is 53.1 Å². The fourth-order valence-corrected chi connectivity index (χ4v) is 10.3. The summed E-state index contributed by atoms with van der Waals surface area (Å²) in [6, 6.07) is 15.7. The summed E-state index contributed by atoms with van der Waals surface area (Å²) in [6.07, 6.45) is -1.65. The Labute approximate surface area is 503 Å². The Kier molecular flexibility index (Phi) is 20.8. The van der Waals surface area contributed by atoms with Gasteiger partial charge in [-0.05, 0) is 78.5 Å². The van der Waals surface area contributed by atoms with E-state index in [9.17, 15) is 47.0 Å². The lowest BCUT2D eigenvalue weighted by atomic mass is 9.95. The number of pyridine rings is 5. The number of esters is 1. The van der Waals surface area contributed by atoms with Gasteiger partial charge in [0.15, 0.2) is 0 Å². The van der Waals surface area contributed by atoms with Crippen LogP contribution in [0.25, 0.3) is 44.1 Å². The molecule has 5 aromatic heterocycles. The zero-order valence-corrected chi connectivity index (χ0v) is 50.5. The smallest absolute Gasteiger partial charge is 0.411 e. The summed E-state index contributed by atoms with van der Waals surface area (Å²) in [4.78, 5) is 84.3. The molecule has 1 aliphatic rings. The average Bonchev–Trinajstić information content (AvgIpc) is 0.910. The Morgan fingerprint density at radius 2 is 1.18 bits per heavy atom. The first-order valence-electron chi connectivity index (χ1n) is 26.6. The van der Waals surface area contributed by atoms with Gasteiger partial charge in [-0.2, -0.15) is 13.2 Å². The van der Waals surface area contributed by atoms with Crippen molar-refractivity contribution in [1.29, 1.82) is 0 Å². The lowest BCUT2D eigenvalue weighted by molar-refractivity contribution is -0.167. The van der Waals surface area contributed by atoms with E-state index in [4.69, 9.17) is 29.4 Å². The van der Waals surface area contributed by atoms with Crippen LogP contribution in [-0.2, 0) is 53.0 Å². The molecule has 3 aromatic carbocycles. The number of aryl methyl sites for hydroxylation is 3. The van der Waals surface area contributed by atoms with Crippen LogP contribution in [0.1, 0.15) is 38.6 Å². The summed E-state index contributed by atoms with van der Waals surface area (Å²) < 4.78 is 101. The van der Waals surface area contributed by atoms with Gasteiger partial charge in [-0.3, -0.25) is 33.9 Å². The van der Waals surface area contributed by atoms with Crippen LogP contribution in [0.5, 0.6) is 17.2 Å². The molecule has 8 aromatic rings. The molecule has 3 atom stereocenters. The van der Waals surface area contributed by atoms with E-state index in [1.54, 1.807) is 80.8 Å². The number of halogens is 6. The number of rotatable bonds is 14. The van der Waals surface area contributed by atoms with Gasteiger partial charge in [0.25, 0.3) is 22.6 Å². The highest BCUT2D eigenvalue weighted by atomic mass is 79.9. The lowest BCUT2D eigenvalue weighted by Gasteiger charge is -2.38. The molecule has 1 amide bonds. The first kappa shape index (κ1) is 65.5. The maximum absolute atomic E-state index is 15.1. The number of carbonyl (C=O) groups is 3. The molecule has 0 saturated carbocycles. The average molecular weight is 1270 g/mol. The molecule has 1 saturated heterocycles. The molecule has 26 heteroatoms. The maximum Gasteiger partial charge on any atom is 0.411 e. The minimum Gasteiger partial charge on any atom is -0.496 e. The number of ether oxygens (including phenoxy) is 5. The molecular weight excluding hydrogens is 1210 g/mol. The van der Waals surface area contributed by atoms with Gasteiger partial charge in [0.2, 0.25) is 0 Å². The van der Waals surface area contributed by atoms with E-state index in [1.807, 2.05) is 50.2 Å². The second-order valence-corrected chi connectivity index (χ2v) is 20.9. The van der Waals surface area contributed by atoms with Crippen LogP contribution in [0.3, 0.4) is 0 Å². The number of nitrogens with one attached hydrogen (secondary N) is 1. The first-order chi connectivity index (χ1) is 41.2. The van der Waals surface area contributed by atoms with E-state index >= 15 is 8.78 Å². The molecule has 0 unspecified atom stereocenters. The summed E-state index contributed by atoms with van der Waals surface area (Å²) >= 11 is 3.17. The Bertz CT molecular complexity index is 4110. The SMILES string of the molecule is COC(=O)[C@@H](N)Cc1ccc(-c2c(OC)cc(C)n(C)c2=O)c2ncccc12.COc1cc(C)n(C)c(=O)c1-c1ccc(C[C@H](NC(=O)c2c(F)cc(N3CCOC[C@@H]3C(F)(F)F)cc2F)C(=O)O)c2cccnc12.COc1cc(C)n(C)c(=O)c1Br. The molecule has 0 aliphatic carbocycles. The number of hydrogen-bond donors (Lipinski definition) is 3. The molecule has 0 bridgehead atoms. The zero-order valence-electron chi connectivity index (χ0n) is 48.9. The molecule has 460 valence electrons. The predicted octanol–water partition coefficient (Wildman–Crippen LogP) is 7.81. The number of morpholine rings is 1. The second kappa shape index (κ2) is 27.6. The number of hydrogen-bond acceptors (Lipinski definition) is 15. The first-order valence-corrected chi connectivity index (χ1v) is 27.4. The number of anilines is 1. The van der Waals surface area contributed by atoms with Crippen molar-refractivity contribution in [3.05, 3.63) is 172 Å². The van der Waals surface area contributed by atoms with Crippen molar-refractivity contribution in [2.24, 2.45) is 26.9 Å². The number of aromatic nitrogens is 5. The number of amides is 1. The summed E-state index contributed by atoms with van der Waals surface area (Å²) in [5, 5.41) is 13.3. The highest BCUT2D eigenvalue weighted by molar-refractivity contribution is 9.10. The fourth-order valence-electron chi connectivity index (χ4n) is 9.78. The van der Waals surface area contributed by atoms with Gasteiger partial charge in [-0.15, -0.1) is 0 Å². The van der Waals surface area contributed by atoms with Crippen LogP contribution < -0.4 is 46.8 Å². The lowest BCUT2D eigenvalue weighted by Crippen LogP contribution is -2.53. The van der Waals surface area contributed by atoms with Crippen molar-refractivity contribution < 1.29 is 65.1 Å². The van der Waals surface area contributed by atoms with Crippen molar-refractivity contribution in [2.45, 2.75) is 57.9 Å². The number of carboxylic acid groups (broad SMARTS) is 1. The predicted molar refractivity (Wildman–Crippen MR) is 319 cm³/mol. The number of nitrogens with two attached hydrogens (primary N) is 1. The number of carboxylic acids is 1. The van der Waals surface area contributed by atoms with Gasteiger partial charge >= 0.3 is 18.1 Å². The maximum atomic E-state index is 15.1. The topological polar surface area (TPSA) is 251 Å². The number of benzene rings is 3. The van der Waals surface area contributed by atoms with Crippen LogP contribution >= 0.6 is 15.9 Å². The Morgan fingerprint density at radius 3 is 1.63 bits per heavy atom. The molecular formula is C61H62BrF5N8O12. The van der Waals surface area contributed by atoms with E-state index in [-0.39, 0.29) is 41.8 Å². The van der Waals surface area contributed by atoms with Gasteiger partial charge < -0.3 is 58.4 Å². The van der Waals surface area contributed by atoms with Gasteiger partial charge in [-0.25, -0.2) is 13.6 Å². The minimum absolute atomic E-state index is 0.0770. The van der Waals surface area contributed by atoms with Crippen LogP contribution in [0, 0.1) is 32.4 Å². The van der Waals surface area contributed by atoms with Crippen molar-refractivity contribution in [1.82, 2.24) is 29.0 Å². The molecule has 1 fully saturated rings. The van der Waals surface area contributed by atoms with Crippen LogP contribution in [0.2, 0.25) is 0 Å². The van der Waals surface area contributed by atoms with Crippen LogP contribution in [0.15, 0.2) is 110 Å². The van der Waals surface area contributed by atoms with E-state index in [0.717, 1.165) is 27.2 Å². The molecule has 0 spiro atoms. The molecule has 20 nitrogen and oxygen atoms in total. The number of methoxy groups -OCH3 is 4. The number of nitrogens with zero attached hydrogens (tertiary/aromatic N) is 6. The van der Waals surface area contributed by atoms with Crippen LogP contribution in [0.4, 0.5) is 27.6 Å². The van der Waals surface area contributed by atoms with Crippen molar-refractivity contribution >= 4 is 61.3 Å². The third-order valence-corrected chi connectivity index (χ3v) is 15.6. The summed E-state index contributed by atoms with van der Waals surface area (Å²) in [7, 11) is 10.9. The van der Waals surface area contributed by atoms with Crippen molar-refractivity contribution in [3.63, 3.8) is 0 Å². The van der Waals surface area contributed by atoms with Gasteiger partial charge in [0.05, 0.1) is 63.8 Å². The zero-order chi connectivity index (χ0) is 63.9. The highest BCUT2D eigenvalue weighted by Crippen LogP contribution is 2.37.